The molecule has 0 radical (unpaired) electrons. The van der Waals surface area contributed by atoms with Crippen molar-refractivity contribution in [3.05, 3.63) is 125 Å². The normalized spacial score (nSPS) is 16.8. The van der Waals surface area contributed by atoms with Crippen molar-refractivity contribution in [2.24, 2.45) is 5.92 Å². The van der Waals surface area contributed by atoms with E-state index in [1.54, 1.807) is 0 Å². The van der Waals surface area contributed by atoms with Gasteiger partial charge in [-0.15, -0.1) is 0 Å². The number of nitrogens with zero attached hydrogens (tertiary/aromatic N) is 1. The van der Waals surface area contributed by atoms with E-state index in [-0.39, 0.29) is 0 Å². The first-order chi connectivity index (χ1) is 20.2. The molecule has 4 aromatic rings. The first-order valence-corrected chi connectivity index (χ1v) is 15.8. The molecular formula is C40H45N. The van der Waals surface area contributed by atoms with Gasteiger partial charge in [0.25, 0.3) is 0 Å². The average molecular weight is 540 g/mol. The summed E-state index contributed by atoms with van der Waals surface area (Å²) >= 11 is 0. The number of unbranched alkanes of at least 4 members (excludes halogenated alkanes) is 1. The molecule has 0 amide bonds. The van der Waals surface area contributed by atoms with Crippen molar-refractivity contribution in [3.8, 4) is 11.1 Å². The molecule has 210 valence electrons. The van der Waals surface area contributed by atoms with E-state index in [1.807, 2.05) is 13.8 Å². The number of hydrogen-bond acceptors (Lipinski definition) is 1. The van der Waals surface area contributed by atoms with Gasteiger partial charge in [0, 0.05) is 11.4 Å². The van der Waals surface area contributed by atoms with Crippen LogP contribution in [0.25, 0.3) is 22.8 Å². The zero-order valence-corrected chi connectivity index (χ0v) is 25.7. The van der Waals surface area contributed by atoms with Gasteiger partial charge in [-0.2, -0.15) is 0 Å². The molecule has 0 N–H and O–H groups in total. The maximum atomic E-state index is 2.55. The Labute approximate surface area is 248 Å². The van der Waals surface area contributed by atoms with Crippen LogP contribution in [0.4, 0.5) is 17.1 Å². The summed E-state index contributed by atoms with van der Waals surface area (Å²) in [5, 5.41) is 0. The maximum Gasteiger partial charge on any atom is 0.0503 e. The zero-order valence-electron chi connectivity index (χ0n) is 25.7. The monoisotopic (exact) mass is 539 g/mol. The van der Waals surface area contributed by atoms with E-state index in [2.05, 4.69) is 136 Å². The summed E-state index contributed by atoms with van der Waals surface area (Å²) in [6, 6.07) is 31.5. The lowest BCUT2D eigenvalue weighted by atomic mass is 9.88. The van der Waals surface area contributed by atoms with Crippen molar-refractivity contribution in [3.63, 3.8) is 0 Å². The fraction of sp³-hybridized carbons (Fsp3) is 0.300. The highest BCUT2D eigenvalue weighted by Gasteiger charge is 2.47. The Morgan fingerprint density at radius 1 is 0.756 bits per heavy atom. The second kappa shape index (κ2) is 12.8. The minimum Gasteiger partial charge on any atom is -0.310 e. The Bertz CT molecular complexity index is 1550. The van der Waals surface area contributed by atoms with Crippen molar-refractivity contribution in [1.82, 2.24) is 0 Å². The highest BCUT2D eigenvalue weighted by atomic mass is 15.1. The average Bonchev–Trinajstić information content (AvgIpc) is 3.76. The highest BCUT2D eigenvalue weighted by molar-refractivity contribution is 6.05. The number of fused-ring (bicyclic) bond motifs is 5. The molecule has 0 aliphatic heterocycles. The third-order valence-electron chi connectivity index (χ3n) is 8.46. The molecule has 2 atom stereocenters. The molecular weight excluding hydrogens is 494 g/mol. The van der Waals surface area contributed by atoms with Crippen molar-refractivity contribution in [1.29, 1.82) is 0 Å². The van der Waals surface area contributed by atoms with Crippen LogP contribution in [0.2, 0.25) is 0 Å². The first kappa shape index (κ1) is 28.7. The van der Waals surface area contributed by atoms with E-state index in [0.29, 0.717) is 11.8 Å². The molecule has 1 nitrogen and oxygen atoms in total. The molecule has 0 heterocycles. The number of aryl methyl sites for hydroxylation is 1. The summed E-state index contributed by atoms with van der Waals surface area (Å²) in [5.41, 5.74) is 15.1. The van der Waals surface area contributed by atoms with Gasteiger partial charge >= 0.3 is 0 Å². The smallest absolute Gasteiger partial charge is 0.0503 e. The fourth-order valence-corrected chi connectivity index (χ4v) is 6.28. The SMILES string of the molecule is C/C=C\c1cc(N(c2ccccc2)c2ccc3c4c2C2CC2C=C4c2ccccc2-3)ccc1CC.CC.CCCC. The first-order valence-electron chi connectivity index (χ1n) is 15.8. The van der Waals surface area contributed by atoms with Gasteiger partial charge in [-0.05, 0) is 106 Å². The molecule has 1 saturated carbocycles. The Hall–Kier alpha value is -3.84. The Morgan fingerprint density at radius 3 is 2.15 bits per heavy atom. The van der Waals surface area contributed by atoms with Crippen LogP contribution in [0.3, 0.4) is 0 Å². The van der Waals surface area contributed by atoms with Gasteiger partial charge < -0.3 is 4.90 Å². The van der Waals surface area contributed by atoms with Gasteiger partial charge in [0.05, 0.1) is 5.69 Å². The van der Waals surface area contributed by atoms with E-state index in [9.17, 15) is 0 Å². The van der Waals surface area contributed by atoms with Crippen LogP contribution >= 0.6 is 0 Å². The van der Waals surface area contributed by atoms with Crippen LogP contribution in [0.1, 0.15) is 94.5 Å². The van der Waals surface area contributed by atoms with E-state index < -0.39 is 0 Å². The van der Waals surface area contributed by atoms with Gasteiger partial charge in [0.15, 0.2) is 0 Å². The number of benzene rings is 4. The molecule has 2 unspecified atom stereocenters. The van der Waals surface area contributed by atoms with Crippen molar-refractivity contribution in [2.75, 3.05) is 4.90 Å². The standard InChI is InChI=1S/C34H29N.C4H10.C2H6/c1-3-10-23-19-26(16-15-22(23)4-2)35(25-11-6-5-7-12-25)32-18-17-29-27-13-8-9-14-28(27)31-21-24-20-30(24)34(32)33(29)31;1-3-4-2;1-2/h3,5-19,21,24,30H,4,20H2,1-2H3;3-4H2,1-2H3;1-2H3/b10-3-;;. The van der Waals surface area contributed by atoms with Gasteiger partial charge in [-0.25, -0.2) is 0 Å². The van der Waals surface area contributed by atoms with Gasteiger partial charge in [0.2, 0.25) is 0 Å². The number of para-hydroxylation sites is 1. The van der Waals surface area contributed by atoms with Crippen molar-refractivity contribution in [2.45, 2.75) is 73.1 Å². The van der Waals surface area contributed by atoms with Crippen LogP contribution in [0, 0.1) is 5.92 Å². The van der Waals surface area contributed by atoms with Crippen LogP contribution in [0.5, 0.6) is 0 Å². The van der Waals surface area contributed by atoms with Gasteiger partial charge in [-0.1, -0.05) is 120 Å². The van der Waals surface area contributed by atoms with Crippen LogP contribution in [-0.4, -0.2) is 0 Å². The molecule has 0 saturated heterocycles. The largest absolute Gasteiger partial charge is 0.310 e. The summed E-state index contributed by atoms with van der Waals surface area (Å²) in [6.07, 6.45) is 11.9. The lowest BCUT2D eigenvalue weighted by molar-refractivity contribution is 0.886. The van der Waals surface area contributed by atoms with E-state index in [4.69, 9.17) is 0 Å². The van der Waals surface area contributed by atoms with Gasteiger partial charge in [-0.3, -0.25) is 0 Å². The Balaban J connectivity index is 0.000000521. The molecule has 4 aromatic carbocycles. The molecule has 3 aliphatic carbocycles. The molecule has 0 aromatic heterocycles. The Morgan fingerprint density at radius 2 is 1.46 bits per heavy atom. The quantitative estimate of drug-likeness (QED) is 0.207. The summed E-state index contributed by atoms with van der Waals surface area (Å²) in [4.78, 5) is 2.49. The third-order valence-corrected chi connectivity index (χ3v) is 8.46. The summed E-state index contributed by atoms with van der Waals surface area (Å²) in [6.45, 7) is 12.7. The molecule has 1 heteroatoms. The Kier molecular flexibility index (Phi) is 8.93. The third kappa shape index (κ3) is 5.31. The number of hydrogen-bond donors (Lipinski definition) is 0. The number of anilines is 3. The second-order valence-electron chi connectivity index (χ2n) is 11.0. The minimum absolute atomic E-state index is 0.620. The maximum absolute atomic E-state index is 2.55. The molecule has 3 aliphatic rings. The second-order valence-corrected chi connectivity index (χ2v) is 11.0. The highest BCUT2D eigenvalue weighted by Crippen LogP contribution is 2.63. The predicted octanol–water partition coefficient (Wildman–Crippen LogP) is 12.1. The van der Waals surface area contributed by atoms with E-state index in [0.717, 1.165) is 6.42 Å². The lowest BCUT2D eigenvalue weighted by Gasteiger charge is -2.30. The summed E-state index contributed by atoms with van der Waals surface area (Å²) in [5.74, 6) is 1.28. The predicted molar refractivity (Wildman–Crippen MR) is 181 cm³/mol. The number of rotatable bonds is 6. The molecule has 7 rings (SSSR count). The molecule has 0 spiro atoms. The topological polar surface area (TPSA) is 3.24 Å². The van der Waals surface area contributed by atoms with Crippen LogP contribution < -0.4 is 4.90 Å². The minimum atomic E-state index is 0.620. The van der Waals surface area contributed by atoms with E-state index >= 15 is 0 Å². The van der Waals surface area contributed by atoms with Crippen LogP contribution in [0.15, 0.2) is 97.1 Å². The van der Waals surface area contributed by atoms with Gasteiger partial charge in [0.1, 0.15) is 0 Å². The van der Waals surface area contributed by atoms with Crippen molar-refractivity contribution < 1.29 is 0 Å². The molecule has 41 heavy (non-hydrogen) atoms. The number of allylic oxidation sites excluding steroid dienone is 2. The van der Waals surface area contributed by atoms with Crippen molar-refractivity contribution >= 4 is 28.7 Å². The lowest BCUT2D eigenvalue weighted by Crippen LogP contribution is -2.14. The van der Waals surface area contributed by atoms with Crippen LogP contribution in [-0.2, 0) is 6.42 Å². The summed E-state index contributed by atoms with van der Waals surface area (Å²) < 4.78 is 0. The van der Waals surface area contributed by atoms with E-state index in [1.165, 1.54) is 80.8 Å². The molecule has 1 fully saturated rings. The fourth-order valence-electron chi connectivity index (χ4n) is 6.28. The molecule has 0 bridgehead atoms. The summed E-state index contributed by atoms with van der Waals surface area (Å²) in [7, 11) is 0. The zero-order chi connectivity index (χ0) is 28.9.